The van der Waals surface area contributed by atoms with Crippen LogP contribution in [0.15, 0.2) is 63.9 Å². The van der Waals surface area contributed by atoms with Gasteiger partial charge in [0.15, 0.2) is 5.43 Å². The van der Waals surface area contributed by atoms with Crippen LogP contribution in [0.5, 0.6) is 0 Å². The van der Waals surface area contributed by atoms with Crippen molar-refractivity contribution in [3.8, 4) is 0 Å². The predicted octanol–water partition coefficient (Wildman–Crippen LogP) is 6.16. The fourth-order valence-electron chi connectivity index (χ4n) is 4.60. The van der Waals surface area contributed by atoms with Crippen molar-refractivity contribution < 1.29 is 9.21 Å². The lowest BCUT2D eigenvalue weighted by molar-refractivity contribution is 0.0970. The van der Waals surface area contributed by atoms with Gasteiger partial charge in [-0.1, -0.05) is 45.0 Å². The molecule has 1 aliphatic heterocycles. The molecule has 5 rings (SSSR count). The third-order valence-corrected chi connectivity index (χ3v) is 6.73. The van der Waals surface area contributed by atoms with E-state index < -0.39 is 6.04 Å². The number of rotatable bonds is 2. The normalized spacial score (nSPS) is 15.8. The minimum absolute atomic E-state index is 0.00959. The molecule has 5 heteroatoms. The first-order chi connectivity index (χ1) is 16.1. The van der Waals surface area contributed by atoms with E-state index in [2.05, 4.69) is 37.9 Å². The average Bonchev–Trinajstić information content (AvgIpc) is 3.07. The summed E-state index contributed by atoms with van der Waals surface area (Å²) in [5.74, 6) is 0.237. The van der Waals surface area contributed by atoms with Gasteiger partial charge < -0.3 is 4.42 Å². The Balaban J connectivity index is 1.79. The van der Waals surface area contributed by atoms with Crippen molar-refractivity contribution >= 4 is 22.7 Å². The molecule has 0 radical (unpaired) electrons. The maximum absolute atomic E-state index is 13.8. The van der Waals surface area contributed by atoms with Gasteiger partial charge in [-0.15, -0.1) is 0 Å². The molecule has 2 aromatic heterocycles. The van der Waals surface area contributed by atoms with Crippen molar-refractivity contribution in [3.63, 3.8) is 0 Å². The van der Waals surface area contributed by atoms with Gasteiger partial charge in [-0.05, 0) is 78.3 Å². The molecule has 34 heavy (non-hydrogen) atoms. The Bertz CT molecular complexity index is 1510. The number of hydrogen-bond acceptors (Lipinski definition) is 4. The summed E-state index contributed by atoms with van der Waals surface area (Å²) in [7, 11) is 0. The Hall–Kier alpha value is -3.73. The van der Waals surface area contributed by atoms with E-state index in [1.54, 1.807) is 11.1 Å². The molecule has 0 N–H and O–H groups in total. The van der Waals surface area contributed by atoms with Crippen molar-refractivity contribution in [2.24, 2.45) is 0 Å². The van der Waals surface area contributed by atoms with Gasteiger partial charge in [0, 0.05) is 6.20 Å². The molecule has 3 heterocycles. The quantitative estimate of drug-likeness (QED) is 0.365. The van der Waals surface area contributed by atoms with E-state index in [1.807, 2.05) is 57.2 Å². The van der Waals surface area contributed by atoms with Gasteiger partial charge in [0.25, 0.3) is 5.91 Å². The highest BCUT2D eigenvalue weighted by molar-refractivity contribution is 6.10. The third kappa shape index (κ3) is 3.43. The molecule has 0 aliphatic carbocycles. The number of aromatic nitrogens is 1. The molecule has 1 atom stereocenters. The first kappa shape index (κ1) is 22.1. The molecule has 1 amide bonds. The highest BCUT2D eigenvalue weighted by atomic mass is 16.3. The maximum Gasteiger partial charge on any atom is 0.296 e. The number of fused-ring (bicyclic) bond motifs is 2. The zero-order chi connectivity index (χ0) is 24.4. The van der Waals surface area contributed by atoms with Crippen LogP contribution in [0.2, 0.25) is 0 Å². The summed E-state index contributed by atoms with van der Waals surface area (Å²) in [5, 5.41) is 0.491. The summed E-state index contributed by atoms with van der Waals surface area (Å²) < 4.78 is 6.13. The van der Waals surface area contributed by atoms with Crippen molar-refractivity contribution in [2.75, 3.05) is 4.90 Å². The Morgan fingerprint density at radius 3 is 2.24 bits per heavy atom. The molecule has 0 fully saturated rings. The molecule has 4 aromatic rings. The van der Waals surface area contributed by atoms with E-state index in [4.69, 9.17) is 4.42 Å². The smallest absolute Gasteiger partial charge is 0.296 e. The van der Waals surface area contributed by atoms with Crippen LogP contribution < -0.4 is 10.3 Å². The molecule has 1 aliphatic rings. The monoisotopic (exact) mass is 452 g/mol. The van der Waals surface area contributed by atoms with Crippen LogP contribution in [0, 0.1) is 20.8 Å². The largest absolute Gasteiger partial charge is 0.450 e. The lowest BCUT2D eigenvalue weighted by Crippen LogP contribution is -2.30. The van der Waals surface area contributed by atoms with E-state index in [0.29, 0.717) is 22.4 Å². The summed E-state index contributed by atoms with van der Waals surface area (Å²) in [4.78, 5) is 33.6. The molecule has 0 saturated carbocycles. The minimum Gasteiger partial charge on any atom is -0.450 e. The van der Waals surface area contributed by atoms with Crippen molar-refractivity contribution in [1.29, 1.82) is 0 Å². The summed E-state index contributed by atoms with van der Waals surface area (Å²) in [6, 6.07) is 14.9. The number of pyridine rings is 1. The predicted molar refractivity (Wildman–Crippen MR) is 135 cm³/mol. The molecule has 0 unspecified atom stereocenters. The van der Waals surface area contributed by atoms with Crippen molar-refractivity contribution in [2.45, 2.75) is 53.0 Å². The number of carbonyl (C=O) groups excluding carboxylic acids is 1. The van der Waals surface area contributed by atoms with E-state index in [-0.39, 0.29) is 22.5 Å². The second-order valence-electron chi connectivity index (χ2n) is 10.2. The number of anilines is 1. The fraction of sp³-hybridized carbons (Fsp3) is 0.276. The molecule has 2 aromatic carbocycles. The second kappa shape index (κ2) is 7.66. The summed E-state index contributed by atoms with van der Waals surface area (Å²) in [6.45, 7) is 12.4. The van der Waals surface area contributed by atoms with Gasteiger partial charge in [0.05, 0.1) is 17.0 Å². The van der Waals surface area contributed by atoms with Gasteiger partial charge in [0.2, 0.25) is 5.76 Å². The lowest BCUT2D eigenvalue weighted by Gasteiger charge is -2.25. The highest BCUT2D eigenvalue weighted by Crippen LogP contribution is 2.41. The second-order valence-corrected chi connectivity index (χ2v) is 10.2. The van der Waals surface area contributed by atoms with Crippen LogP contribution in [0.1, 0.15) is 70.7 Å². The van der Waals surface area contributed by atoms with Crippen LogP contribution in [0.3, 0.4) is 0 Å². The van der Waals surface area contributed by atoms with E-state index in [0.717, 1.165) is 22.3 Å². The maximum atomic E-state index is 13.8. The van der Waals surface area contributed by atoms with Crippen LogP contribution >= 0.6 is 0 Å². The lowest BCUT2D eigenvalue weighted by atomic mass is 9.86. The first-order valence-electron chi connectivity index (χ1n) is 11.5. The topological polar surface area (TPSA) is 63.4 Å². The average molecular weight is 453 g/mol. The summed E-state index contributed by atoms with van der Waals surface area (Å²) in [6.07, 6.45) is 1.68. The zero-order valence-electron chi connectivity index (χ0n) is 20.4. The molecule has 5 nitrogen and oxygen atoms in total. The third-order valence-electron chi connectivity index (χ3n) is 6.73. The van der Waals surface area contributed by atoms with E-state index in [9.17, 15) is 9.59 Å². The Morgan fingerprint density at radius 2 is 1.59 bits per heavy atom. The summed E-state index contributed by atoms with van der Waals surface area (Å²) >= 11 is 0. The number of amides is 1. The molecule has 0 bridgehead atoms. The molecular formula is C29H28N2O3. The Kier molecular flexibility index (Phi) is 4.97. The molecular weight excluding hydrogens is 424 g/mol. The SMILES string of the molecule is Cc1ccnc(N2C(=O)c3oc4cc(C)c(C)cc4c(=O)c3[C@@H]2c2ccc(C(C)(C)C)cc2)c1. The number of carbonyl (C=O) groups is 1. The number of nitrogens with zero attached hydrogens (tertiary/aromatic N) is 2. The molecule has 0 saturated heterocycles. The van der Waals surface area contributed by atoms with Crippen LogP contribution in [-0.2, 0) is 5.41 Å². The number of hydrogen-bond donors (Lipinski definition) is 0. The van der Waals surface area contributed by atoms with Gasteiger partial charge >= 0.3 is 0 Å². The highest BCUT2D eigenvalue weighted by Gasteiger charge is 2.44. The van der Waals surface area contributed by atoms with Crippen LogP contribution in [0.25, 0.3) is 11.0 Å². The van der Waals surface area contributed by atoms with Crippen molar-refractivity contribution in [3.05, 3.63) is 104 Å². The fourth-order valence-corrected chi connectivity index (χ4v) is 4.60. The number of benzene rings is 2. The Labute approximate surface area is 199 Å². The molecule has 172 valence electrons. The zero-order valence-corrected chi connectivity index (χ0v) is 20.4. The Morgan fingerprint density at radius 1 is 0.912 bits per heavy atom. The minimum atomic E-state index is -0.618. The van der Waals surface area contributed by atoms with Gasteiger partial charge in [0.1, 0.15) is 11.4 Å². The van der Waals surface area contributed by atoms with E-state index >= 15 is 0 Å². The van der Waals surface area contributed by atoms with Gasteiger partial charge in [-0.2, -0.15) is 0 Å². The standard InChI is InChI=1S/C29H28N2O3/c1-16-11-12-30-23(13-16)31-25(19-7-9-20(10-8-19)29(4,5)6)24-26(32)21-14-17(2)18(3)15-22(21)34-27(24)28(31)33/h7-15,25H,1-6H3/t25-/m0/s1. The first-order valence-corrected chi connectivity index (χ1v) is 11.5. The van der Waals surface area contributed by atoms with Crippen molar-refractivity contribution in [1.82, 2.24) is 4.98 Å². The van der Waals surface area contributed by atoms with Crippen LogP contribution in [-0.4, -0.2) is 10.9 Å². The number of aryl methyl sites for hydroxylation is 3. The summed E-state index contributed by atoms with van der Waals surface area (Å²) in [5.41, 5.74) is 5.63. The van der Waals surface area contributed by atoms with E-state index in [1.165, 1.54) is 5.56 Å². The molecule has 0 spiro atoms. The van der Waals surface area contributed by atoms with Gasteiger partial charge in [-0.25, -0.2) is 4.98 Å². The van der Waals surface area contributed by atoms with Gasteiger partial charge in [-0.3, -0.25) is 14.5 Å². The van der Waals surface area contributed by atoms with Crippen LogP contribution in [0.4, 0.5) is 5.82 Å².